The SMILES string of the molecule is N[S-](=O)=O.[Cu+]. The van der Waals surface area contributed by atoms with E-state index in [1.165, 1.54) is 0 Å². The van der Waals surface area contributed by atoms with Crippen molar-refractivity contribution < 1.29 is 25.5 Å². The minimum absolute atomic E-state index is 0. The monoisotopic (exact) mass is 143 g/mol. The Bertz CT molecular complexity index is 58.0. The summed E-state index contributed by atoms with van der Waals surface area (Å²) >= 11 is 0. The fourth-order valence-corrected chi connectivity index (χ4v) is 0. The first-order valence-corrected chi connectivity index (χ1v) is 1.71. The van der Waals surface area contributed by atoms with Gasteiger partial charge in [0.25, 0.3) is 0 Å². The summed E-state index contributed by atoms with van der Waals surface area (Å²) in [6.45, 7) is 0. The third-order valence-electron chi connectivity index (χ3n) is 0. The minimum Gasteiger partial charge on any atom is -0.409 e. The fraction of sp³-hybridized carbons (Fsp3) is 0. The second-order valence-electron chi connectivity index (χ2n) is 0.260. The quantitative estimate of drug-likeness (QED) is 0.355. The maximum absolute atomic E-state index is 8.78. The fourth-order valence-electron chi connectivity index (χ4n) is 0. The Hall–Kier alpha value is 0.429. The van der Waals surface area contributed by atoms with E-state index in [1.54, 1.807) is 0 Å². The summed E-state index contributed by atoms with van der Waals surface area (Å²) < 4.78 is 17.6. The molecular weight excluding hydrogens is 142 g/mol. The maximum atomic E-state index is 8.78. The van der Waals surface area contributed by atoms with Crippen molar-refractivity contribution in [1.82, 2.24) is 0 Å². The Morgan fingerprint density at radius 1 is 1.40 bits per heavy atom. The molecule has 36 valence electrons. The third-order valence-corrected chi connectivity index (χ3v) is 0. The zero-order valence-electron chi connectivity index (χ0n) is 2.10. The molecule has 0 amide bonds. The van der Waals surface area contributed by atoms with Crippen LogP contribution in [-0.2, 0) is 36.4 Å². The van der Waals surface area contributed by atoms with Gasteiger partial charge in [-0.25, -0.2) is 0 Å². The van der Waals surface area contributed by atoms with E-state index in [0.29, 0.717) is 0 Å². The van der Waals surface area contributed by atoms with E-state index in [1.807, 2.05) is 0 Å². The molecule has 0 fully saturated rings. The van der Waals surface area contributed by atoms with Gasteiger partial charge in [-0.15, -0.1) is 0 Å². The Labute approximate surface area is 42.1 Å². The van der Waals surface area contributed by atoms with Crippen LogP contribution in [0.2, 0.25) is 0 Å². The van der Waals surface area contributed by atoms with Crippen LogP contribution in [0.25, 0.3) is 0 Å². The Morgan fingerprint density at radius 3 is 1.40 bits per heavy atom. The smallest absolute Gasteiger partial charge is 0.409 e. The van der Waals surface area contributed by atoms with Crippen LogP contribution in [0.5, 0.6) is 0 Å². The van der Waals surface area contributed by atoms with Crippen LogP contribution in [0, 0.1) is 0 Å². The van der Waals surface area contributed by atoms with E-state index in [-0.39, 0.29) is 17.1 Å². The van der Waals surface area contributed by atoms with Crippen LogP contribution in [0.3, 0.4) is 0 Å². The number of hydrogen-bond acceptors (Lipinski definition) is 3. The first-order chi connectivity index (χ1) is 1.73. The van der Waals surface area contributed by atoms with Gasteiger partial charge in [-0.2, -0.15) is 0 Å². The van der Waals surface area contributed by atoms with Crippen LogP contribution in [0.15, 0.2) is 0 Å². The van der Waals surface area contributed by atoms with Crippen molar-refractivity contribution in [2.45, 2.75) is 0 Å². The second kappa shape index (κ2) is 4.43. The van der Waals surface area contributed by atoms with Gasteiger partial charge in [0.15, 0.2) is 0 Å². The average Bonchev–Trinajstić information content (AvgIpc) is 0.811. The molecule has 0 heterocycles. The number of hydrogen-bond donors (Lipinski definition) is 1. The molecule has 0 unspecified atom stereocenters. The van der Waals surface area contributed by atoms with E-state index >= 15 is 0 Å². The molecule has 2 N–H and O–H groups in total. The van der Waals surface area contributed by atoms with Crippen molar-refractivity contribution in [3.8, 4) is 0 Å². The summed E-state index contributed by atoms with van der Waals surface area (Å²) in [6, 6.07) is 0. The van der Waals surface area contributed by atoms with E-state index in [9.17, 15) is 0 Å². The van der Waals surface area contributed by atoms with Crippen LogP contribution >= 0.6 is 0 Å². The zero-order valence-corrected chi connectivity index (χ0v) is 3.86. The molecule has 0 aliphatic heterocycles. The molecule has 0 aliphatic rings. The molecule has 0 saturated carbocycles. The van der Waals surface area contributed by atoms with Crippen LogP contribution < -0.4 is 5.14 Å². The van der Waals surface area contributed by atoms with E-state index < -0.39 is 10.9 Å². The van der Waals surface area contributed by atoms with Gasteiger partial charge in [-0.05, 0) is 10.9 Å². The van der Waals surface area contributed by atoms with Gasteiger partial charge in [-0.3, -0.25) is 0 Å². The van der Waals surface area contributed by atoms with Gasteiger partial charge in [0, 0.05) is 0 Å². The number of rotatable bonds is 0. The molecule has 0 radical (unpaired) electrons. The topological polar surface area (TPSA) is 60.2 Å². The Morgan fingerprint density at radius 2 is 1.40 bits per heavy atom. The molecule has 5 heteroatoms. The first-order valence-electron chi connectivity index (χ1n) is 0.569. The summed E-state index contributed by atoms with van der Waals surface area (Å²) in [7, 11) is -2.36. The van der Waals surface area contributed by atoms with Gasteiger partial charge < -0.3 is 13.6 Å². The van der Waals surface area contributed by atoms with Gasteiger partial charge in [0.2, 0.25) is 0 Å². The summed E-state index contributed by atoms with van der Waals surface area (Å²) in [5, 5.41) is 4.03. The third kappa shape index (κ3) is 142. The minimum atomic E-state index is -2.36. The van der Waals surface area contributed by atoms with Crippen molar-refractivity contribution in [3.05, 3.63) is 0 Å². The van der Waals surface area contributed by atoms with Crippen LogP contribution in [0.4, 0.5) is 0 Å². The van der Waals surface area contributed by atoms with Gasteiger partial charge in [0.05, 0.1) is 0 Å². The Balaban J connectivity index is 0. The molecule has 0 aromatic rings. The molecule has 0 aliphatic carbocycles. The summed E-state index contributed by atoms with van der Waals surface area (Å²) in [4.78, 5) is 0. The summed E-state index contributed by atoms with van der Waals surface area (Å²) in [5.74, 6) is 0. The largest absolute Gasteiger partial charge is 1.00 e. The molecule has 0 atom stereocenters. The van der Waals surface area contributed by atoms with Crippen molar-refractivity contribution in [2.24, 2.45) is 5.14 Å². The summed E-state index contributed by atoms with van der Waals surface area (Å²) in [6.07, 6.45) is 0. The first kappa shape index (κ1) is 9.06. The van der Waals surface area contributed by atoms with E-state index in [2.05, 4.69) is 5.14 Å². The van der Waals surface area contributed by atoms with Crippen LogP contribution in [0.1, 0.15) is 0 Å². The average molecular weight is 144 g/mol. The maximum Gasteiger partial charge on any atom is 1.00 e. The van der Waals surface area contributed by atoms with E-state index in [0.717, 1.165) is 0 Å². The van der Waals surface area contributed by atoms with Gasteiger partial charge in [0.1, 0.15) is 0 Å². The standard InChI is InChI=1S/Cu.H2NO2S/c;1-4(2)3/h;(H2,1,2,3)/q+1;-1. The predicted octanol–water partition coefficient (Wildman–Crippen LogP) is -0.833. The van der Waals surface area contributed by atoms with Crippen molar-refractivity contribution >= 4 is 10.9 Å². The van der Waals surface area contributed by atoms with Crippen molar-refractivity contribution in [2.75, 3.05) is 0 Å². The van der Waals surface area contributed by atoms with Gasteiger partial charge in [-0.1, -0.05) is 0 Å². The zero-order chi connectivity index (χ0) is 3.58. The molecule has 0 spiro atoms. The van der Waals surface area contributed by atoms with E-state index in [4.69, 9.17) is 8.42 Å². The molecule has 3 nitrogen and oxygen atoms in total. The normalized spacial score (nSPS) is 6.80. The predicted molar refractivity (Wildman–Crippen MR) is 12.9 cm³/mol. The van der Waals surface area contributed by atoms with Gasteiger partial charge >= 0.3 is 17.1 Å². The number of nitrogens with two attached hydrogens (primary N) is 1. The van der Waals surface area contributed by atoms with Crippen molar-refractivity contribution in [3.63, 3.8) is 0 Å². The molecule has 5 heavy (non-hydrogen) atoms. The van der Waals surface area contributed by atoms with Crippen LogP contribution in [-0.4, -0.2) is 0 Å². The molecular formula is H2CuNO2S. The van der Waals surface area contributed by atoms with Crippen molar-refractivity contribution in [1.29, 1.82) is 0 Å². The molecule has 0 aromatic carbocycles. The second-order valence-corrected chi connectivity index (χ2v) is 0.781. The Kier molecular flexibility index (Phi) is 8.02. The summed E-state index contributed by atoms with van der Waals surface area (Å²) in [5.41, 5.74) is 0. The molecule has 0 rings (SSSR count). The molecule has 0 aromatic heterocycles. The molecule has 0 bridgehead atoms. The molecule has 0 saturated heterocycles.